The van der Waals surface area contributed by atoms with E-state index in [0.717, 1.165) is 22.4 Å². The molecular formula is C22H19FN4O. The van der Waals surface area contributed by atoms with Crippen molar-refractivity contribution in [3.05, 3.63) is 76.2 Å². The second-order valence-corrected chi connectivity index (χ2v) is 7.18. The van der Waals surface area contributed by atoms with E-state index in [0.29, 0.717) is 29.8 Å². The molecule has 0 bridgehead atoms. The fourth-order valence-corrected chi connectivity index (χ4v) is 3.70. The van der Waals surface area contributed by atoms with E-state index in [9.17, 15) is 14.4 Å². The van der Waals surface area contributed by atoms with Crippen molar-refractivity contribution in [3.63, 3.8) is 0 Å². The van der Waals surface area contributed by atoms with Gasteiger partial charge in [0.25, 0.3) is 5.91 Å². The molecule has 0 aliphatic carbocycles. The summed E-state index contributed by atoms with van der Waals surface area (Å²) in [5.74, 6) is -0.632. The Labute approximate surface area is 162 Å². The van der Waals surface area contributed by atoms with E-state index in [4.69, 9.17) is 0 Å². The van der Waals surface area contributed by atoms with Crippen LogP contribution in [-0.2, 0) is 0 Å². The van der Waals surface area contributed by atoms with Crippen molar-refractivity contribution in [2.45, 2.75) is 19.8 Å². The molecule has 0 radical (unpaired) electrons. The van der Waals surface area contributed by atoms with Crippen molar-refractivity contribution in [1.29, 1.82) is 5.26 Å². The molecule has 0 saturated carbocycles. The molecule has 0 unspecified atom stereocenters. The maximum atomic E-state index is 14.2. The Morgan fingerprint density at radius 1 is 1.25 bits per heavy atom. The van der Waals surface area contributed by atoms with Crippen molar-refractivity contribution in [1.82, 2.24) is 15.1 Å². The first-order valence-corrected chi connectivity index (χ1v) is 9.08. The number of halogens is 1. The number of likely N-dealkylation sites (tertiary alicyclic amines) is 1. The van der Waals surface area contributed by atoms with Gasteiger partial charge in [0.15, 0.2) is 0 Å². The van der Waals surface area contributed by atoms with E-state index >= 15 is 0 Å². The van der Waals surface area contributed by atoms with Crippen LogP contribution < -0.4 is 0 Å². The lowest BCUT2D eigenvalue weighted by atomic mass is 9.87. The maximum absolute atomic E-state index is 14.2. The van der Waals surface area contributed by atoms with Crippen LogP contribution in [0.4, 0.5) is 4.39 Å². The first kappa shape index (κ1) is 17.9. The molecule has 4 rings (SSSR count). The minimum atomic E-state index is -0.386. The van der Waals surface area contributed by atoms with E-state index in [1.54, 1.807) is 17.2 Å². The summed E-state index contributed by atoms with van der Waals surface area (Å²) in [6.07, 6.45) is 1.75. The highest BCUT2D eigenvalue weighted by Gasteiger charge is 2.35. The molecule has 1 aromatic heterocycles. The fraction of sp³-hybridized carbons (Fsp3) is 0.227. The van der Waals surface area contributed by atoms with Gasteiger partial charge in [-0.15, -0.1) is 0 Å². The molecule has 3 aromatic rings. The third kappa shape index (κ3) is 2.95. The Hall–Kier alpha value is -3.46. The van der Waals surface area contributed by atoms with E-state index in [2.05, 4.69) is 10.2 Å². The van der Waals surface area contributed by atoms with Crippen LogP contribution in [0.2, 0.25) is 0 Å². The Kier molecular flexibility index (Phi) is 4.44. The molecule has 2 heterocycles. The van der Waals surface area contributed by atoms with Gasteiger partial charge in [-0.05, 0) is 49.2 Å². The van der Waals surface area contributed by atoms with Gasteiger partial charge in [0, 0.05) is 35.7 Å². The van der Waals surface area contributed by atoms with Gasteiger partial charge in [-0.3, -0.25) is 9.89 Å². The molecule has 0 spiro atoms. The largest absolute Gasteiger partial charge is 0.337 e. The summed E-state index contributed by atoms with van der Waals surface area (Å²) in [5, 5.41) is 16.3. The van der Waals surface area contributed by atoms with Gasteiger partial charge in [-0.2, -0.15) is 10.4 Å². The fourth-order valence-electron chi connectivity index (χ4n) is 3.70. The van der Waals surface area contributed by atoms with Crippen LogP contribution >= 0.6 is 0 Å². The zero-order chi connectivity index (χ0) is 19.8. The predicted molar refractivity (Wildman–Crippen MR) is 103 cm³/mol. The van der Waals surface area contributed by atoms with Gasteiger partial charge in [-0.25, -0.2) is 4.39 Å². The molecule has 1 saturated heterocycles. The molecule has 6 heteroatoms. The van der Waals surface area contributed by atoms with Gasteiger partial charge >= 0.3 is 0 Å². The van der Waals surface area contributed by atoms with Crippen molar-refractivity contribution < 1.29 is 9.18 Å². The highest BCUT2D eigenvalue weighted by Crippen LogP contribution is 2.33. The number of hydrogen-bond acceptors (Lipinski definition) is 3. The van der Waals surface area contributed by atoms with Crippen molar-refractivity contribution in [2.75, 3.05) is 13.1 Å². The van der Waals surface area contributed by atoms with Crippen LogP contribution in [0.15, 0.2) is 42.6 Å². The number of nitrogens with one attached hydrogen (secondary N) is 1. The lowest BCUT2D eigenvalue weighted by Gasteiger charge is -2.40. The van der Waals surface area contributed by atoms with Crippen molar-refractivity contribution in [2.24, 2.45) is 0 Å². The molecule has 0 atom stereocenters. The number of aromatic nitrogens is 2. The van der Waals surface area contributed by atoms with Gasteiger partial charge in [0.05, 0.1) is 23.5 Å². The van der Waals surface area contributed by atoms with Crippen molar-refractivity contribution >= 4 is 5.91 Å². The Morgan fingerprint density at radius 2 is 2.04 bits per heavy atom. The zero-order valence-corrected chi connectivity index (χ0v) is 15.7. The number of nitrogens with zero attached hydrogens (tertiary/aromatic N) is 3. The minimum Gasteiger partial charge on any atom is -0.337 e. The van der Waals surface area contributed by atoms with E-state index in [1.165, 1.54) is 12.1 Å². The van der Waals surface area contributed by atoms with Gasteiger partial charge < -0.3 is 4.90 Å². The summed E-state index contributed by atoms with van der Waals surface area (Å²) in [7, 11) is 0. The minimum absolute atomic E-state index is 0.0930. The molecule has 28 heavy (non-hydrogen) atoms. The normalized spacial score (nSPS) is 13.9. The van der Waals surface area contributed by atoms with E-state index in [-0.39, 0.29) is 17.6 Å². The molecule has 5 nitrogen and oxygen atoms in total. The van der Waals surface area contributed by atoms with E-state index in [1.807, 2.05) is 38.1 Å². The maximum Gasteiger partial charge on any atom is 0.253 e. The summed E-state index contributed by atoms with van der Waals surface area (Å²) < 4.78 is 14.2. The lowest BCUT2D eigenvalue weighted by Crippen LogP contribution is -2.49. The second kappa shape index (κ2) is 6.93. The number of rotatable bonds is 3. The van der Waals surface area contributed by atoms with Crippen LogP contribution in [0.5, 0.6) is 0 Å². The SMILES string of the molecule is Cc1ccc(C(=O)N2CC(c3c(F)cccc3C#N)C2)cc1-c1[nH]ncc1C. The number of benzene rings is 2. The standard InChI is InChI=1S/C22H19FN4O/c1-13-6-7-15(8-18(13)21-14(2)10-25-26-21)22(28)27-11-17(12-27)20-16(9-24)4-3-5-19(20)23/h3-8,10,17H,11-12H2,1-2H3,(H,25,26). The molecule has 1 aliphatic heterocycles. The van der Waals surface area contributed by atoms with Gasteiger partial charge in [0.1, 0.15) is 5.82 Å². The number of aromatic amines is 1. The smallest absolute Gasteiger partial charge is 0.253 e. The quantitative estimate of drug-likeness (QED) is 0.755. The lowest BCUT2D eigenvalue weighted by molar-refractivity contribution is 0.0598. The predicted octanol–water partition coefficient (Wildman–Crippen LogP) is 3.94. The van der Waals surface area contributed by atoms with Crippen LogP contribution in [0.25, 0.3) is 11.3 Å². The highest BCUT2D eigenvalue weighted by atomic mass is 19.1. The Balaban J connectivity index is 1.55. The number of hydrogen-bond donors (Lipinski definition) is 1. The van der Waals surface area contributed by atoms with E-state index < -0.39 is 0 Å². The summed E-state index contributed by atoms with van der Waals surface area (Å²) in [6.45, 7) is 4.76. The van der Waals surface area contributed by atoms with Crippen LogP contribution in [0, 0.1) is 31.0 Å². The number of aryl methyl sites for hydroxylation is 2. The highest BCUT2D eigenvalue weighted by molar-refractivity contribution is 5.96. The Morgan fingerprint density at radius 3 is 2.71 bits per heavy atom. The molecule has 1 N–H and O–H groups in total. The topological polar surface area (TPSA) is 72.8 Å². The number of amides is 1. The summed E-state index contributed by atoms with van der Waals surface area (Å²) in [5.41, 5.74) is 5.24. The molecule has 2 aromatic carbocycles. The third-order valence-corrected chi connectivity index (χ3v) is 5.33. The van der Waals surface area contributed by atoms with Gasteiger partial charge in [-0.1, -0.05) is 12.1 Å². The molecule has 1 amide bonds. The number of nitriles is 1. The van der Waals surface area contributed by atoms with Crippen molar-refractivity contribution in [3.8, 4) is 17.3 Å². The molecule has 1 aliphatic rings. The summed E-state index contributed by atoms with van der Waals surface area (Å²) in [4.78, 5) is 14.6. The molecule has 140 valence electrons. The summed E-state index contributed by atoms with van der Waals surface area (Å²) >= 11 is 0. The molecule has 1 fully saturated rings. The monoisotopic (exact) mass is 374 g/mol. The number of carbonyl (C=O) groups is 1. The Bertz CT molecular complexity index is 1110. The van der Waals surface area contributed by atoms with Gasteiger partial charge in [0.2, 0.25) is 0 Å². The van der Waals surface area contributed by atoms with Crippen LogP contribution in [-0.4, -0.2) is 34.1 Å². The average molecular weight is 374 g/mol. The summed E-state index contributed by atoms with van der Waals surface area (Å²) in [6, 6.07) is 12.1. The number of H-pyrrole nitrogens is 1. The zero-order valence-electron chi connectivity index (χ0n) is 15.7. The first-order chi connectivity index (χ1) is 13.5. The average Bonchev–Trinajstić information content (AvgIpc) is 3.07. The van der Waals surface area contributed by atoms with Crippen LogP contribution in [0.3, 0.4) is 0 Å². The van der Waals surface area contributed by atoms with Crippen LogP contribution in [0.1, 0.15) is 38.5 Å². The number of carbonyl (C=O) groups excluding carboxylic acids is 1. The third-order valence-electron chi connectivity index (χ3n) is 5.33. The second-order valence-electron chi connectivity index (χ2n) is 7.18. The first-order valence-electron chi connectivity index (χ1n) is 9.08. The molecular weight excluding hydrogens is 355 g/mol.